The molecule has 2 fully saturated rings. The monoisotopic (exact) mass is 226 g/mol. The zero-order chi connectivity index (χ0) is 11.2. The van der Waals surface area contributed by atoms with Crippen LogP contribution >= 0.6 is 0 Å². The molecule has 2 rings (SSSR count). The smallest absolute Gasteiger partial charge is 0.0587 e. The van der Waals surface area contributed by atoms with E-state index in [1.807, 2.05) is 0 Å². The Morgan fingerprint density at radius 3 is 3.00 bits per heavy atom. The lowest BCUT2D eigenvalue weighted by atomic mass is 10.1. The summed E-state index contributed by atoms with van der Waals surface area (Å²) in [7, 11) is 0. The first kappa shape index (κ1) is 12.3. The van der Waals surface area contributed by atoms with Crippen LogP contribution in [-0.4, -0.2) is 49.8 Å². The number of rotatable bonds is 5. The van der Waals surface area contributed by atoms with Gasteiger partial charge in [-0.25, -0.2) is 0 Å². The molecule has 1 N–H and O–H groups in total. The number of nitrogens with zero attached hydrogens (tertiary/aromatic N) is 1. The van der Waals surface area contributed by atoms with Crippen LogP contribution in [0.3, 0.4) is 0 Å². The number of nitrogens with one attached hydrogen (secondary N) is 1. The van der Waals surface area contributed by atoms with Crippen molar-refractivity contribution in [1.82, 2.24) is 10.2 Å². The van der Waals surface area contributed by atoms with Crippen LogP contribution in [0.25, 0.3) is 0 Å². The number of hydrogen-bond acceptors (Lipinski definition) is 3. The summed E-state index contributed by atoms with van der Waals surface area (Å²) in [6.45, 7) is 8.02. The summed E-state index contributed by atoms with van der Waals surface area (Å²) in [5.74, 6) is 0. The highest BCUT2D eigenvalue weighted by Crippen LogP contribution is 2.17. The minimum Gasteiger partial charge on any atom is -0.378 e. The molecule has 16 heavy (non-hydrogen) atoms. The molecule has 2 atom stereocenters. The number of ether oxygens (including phenoxy) is 1. The topological polar surface area (TPSA) is 24.5 Å². The molecule has 3 nitrogen and oxygen atoms in total. The largest absolute Gasteiger partial charge is 0.378 e. The number of hydrogen-bond donors (Lipinski definition) is 1. The fraction of sp³-hybridized carbons (Fsp3) is 1.00. The summed E-state index contributed by atoms with van der Waals surface area (Å²) in [5.41, 5.74) is 0. The van der Waals surface area contributed by atoms with Gasteiger partial charge in [0.25, 0.3) is 0 Å². The van der Waals surface area contributed by atoms with E-state index in [4.69, 9.17) is 4.74 Å². The first-order valence-electron chi connectivity index (χ1n) is 6.96. The van der Waals surface area contributed by atoms with Gasteiger partial charge in [-0.3, -0.25) is 0 Å². The van der Waals surface area contributed by atoms with Crippen molar-refractivity contribution in [3.05, 3.63) is 0 Å². The molecule has 0 aromatic heterocycles. The molecule has 2 heterocycles. The van der Waals surface area contributed by atoms with E-state index in [0.29, 0.717) is 6.10 Å². The molecule has 0 spiro atoms. The molecule has 2 aliphatic rings. The molecule has 94 valence electrons. The van der Waals surface area contributed by atoms with Gasteiger partial charge in [-0.15, -0.1) is 0 Å². The maximum absolute atomic E-state index is 5.77. The van der Waals surface area contributed by atoms with Crippen molar-refractivity contribution in [2.24, 2.45) is 0 Å². The first-order chi connectivity index (χ1) is 7.88. The van der Waals surface area contributed by atoms with Gasteiger partial charge in [0.05, 0.1) is 6.10 Å². The second-order valence-corrected chi connectivity index (χ2v) is 5.12. The summed E-state index contributed by atoms with van der Waals surface area (Å²) in [5, 5.41) is 3.54. The molecule has 0 radical (unpaired) electrons. The third kappa shape index (κ3) is 3.72. The van der Waals surface area contributed by atoms with Crippen LogP contribution in [0.15, 0.2) is 0 Å². The molecule has 0 aromatic carbocycles. The average molecular weight is 226 g/mol. The average Bonchev–Trinajstić information content (AvgIpc) is 2.76. The SMILES string of the molecule is CCNC1CCN(CCC2CCCCO2)C1. The summed E-state index contributed by atoms with van der Waals surface area (Å²) in [6, 6.07) is 0.734. The van der Waals surface area contributed by atoms with Gasteiger partial charge in [-0.05, 0) is 45.2 Å². The Balaban J connectivity index is 1.59. The van der Waals surface area contributed by atoms with Crippen LogP contribution in [0.4, 0.5) is 0 Å². The van der Waals surface area contributed by atoms with E-state index < -0.39 is 0 Å². The highest BCUT2D eigenvalue weighted by atomic mass is 16.5. The van der Waals surface area contributed by atoms with Crippen LogP contribution in [-0.2, 0) is 4.74 Å². The van der Waals surface area contributed by atoms with Crippen molar-refractivity contribution in [1.29, 1.82) is 0 Å². The Morgan fingerprint density at radius 2 is 2.25 bits per heavy atom. The van der Waals surface area contributed by atoms with Crippen molar-refractivity contribution in [3.63, 3.8) is 0 Å². The molecule has 2 aliphatic heterocycles. The lowest BCUT2D eigenvalue weighted by molar-refractivity contribution is 0.00656. The number of likely N-dealkylation sites (tertiary alicyclic amines) is 1. The van der Waals surface area contributed by atoms with E-state index in [2.05, 4.69) is 17.1 Å². The van der Waals surface area contributed by atoms with Crippen LogP contribution < -0.4 is 5.32 Å². The molecule has 0 saturated carbocycles. The van der Waals surface area contributed by atoms with Crippen molar-refractivity contribution < 1.29 is 4.74 Å². The fourth-order valence-corrected chi connectivity index (χ4v) is 2.85. The van der Waals surface area contributed by atoms with Gasteiger partial charge in [0.15, 0.2) is 0 Å². The van der Waals surface area contributed by atoms with E-state index in [1.54, 1.807) is 0 Å². The minimum atomic E-state index is 0.548. The Kier molecular flexibility index (Phi) is 5.07. The first-order valence-corrected chi connectivity index (χ1v) is 6.96. The molecular formula is C13H26N2O. The van der Waals surface area contributed by atoms with Gasteiger partial charge >= 0.3 is 0 Å². The van der Waals surface area contributed by atoms with E-state index in [-0.39, 0.29) is 0 Å². The third-order valence-electron chi connectivity index (χ3n) is 3.81. The van der Waals surface area contributed by atoms with E-state index >= 15 is 0 Å². The Bertz CT molecular complexity index is 192. The summed E-state index contributed by atoms with van der Waals surface area (Å²) in [4.78, 5) is 2.59. The maximum Gasteiger partial charge on any atom is 0.0587 e. The fourth-order valence-electron chi connectivity index (χ4n) is 2.85. The quantitative estimate of drug-likeness (QED) is 0.771. The Labute approximate surface area is 99.5 Å². The second-order valence-electron chi connectivity index (χ2n) is 5.12. The maximum atomic E-state index is 5.77. The summed E-state index contributed by atoms with van der Waals surface area (Å²) < 4.78 is 5.77. The molecule has 2 unspecified atom stereocenters. The molecule has 0 aliphatic carbocycles. The van der Waals surface area contributed by atoms with Gasteiger partial charge < -0.3 is 15.0 Å². The van der Waals surface area contributed by atoms with Crippen molar-refractivity contribution in [3.8, 4) is 0 Å². The second kappa shape index (κ2) is 6.58. The van der Waals surface area contributed by atoms with Gasteiger partial charge in [0, 0.05) is 25.7 Å². The summed E-state index contributed by atoms with van der Waals surface area (Å²) in [6.07, 6.45) is 7.02. The predicted octanol–water partition coefficient (Wildman–Crippen LogP) is 1.63. The van der Waals surface area contributed by atoms with Crippen LogP contribution in [0.2, 0.25) is 0 Å². The standard InChI is InChI=1S/C13H26N2O/c1-2-14-12-6-8-15(11-12)9-7-13-5-3-4-10-16-13/h12-14H,2-11H2,1H3. The Morgan fingerprint density at radius 1 is 1.31 bits per heavy atom. The molecule has 3 heteroatoms. The lowest BCUT2D eigenvalue weighted by Gasteiger charge is -2.25. The van der Waals surface area contributed by atoms with Crippen molar-refractivity contribution in [2.75, 3.05) is 32.8 Å². The van der Waals surface area contributed by atoms with E-state index in [1.165, 1.54) is 51.7 Å². The van der Waals surface area contributed by atoms with Crippen LogP contribution in [0.5, 0.6) is 0 Å². The minimum absolute atomic E-state index is 0.548. The summed E-state index contributed by atoms with van der Waals surface area (Å²) >= 11 is 0. The van der Waals surface area contributed by atoms with E-state index in [9.17, 15) is 0 Å². The molecule has 2 saturated heterocycles. The molecule has 0 amide bonds. The number of likely N-dealkylation sites (N-methyl/N-ethyl adjacent to an activating group) is 1. The van der Waals surface area contributed by atoms with Crippen LogP contribution in [0.1, 0.15) is 39.0 Å². The molecule has 0 bridgehead atoms. The zero-order valence-corrected chi connectivity index (χ0v) is 10.6. The van der Waals surface area contributed by atoms with Gasteiger partial charge in [0.1, 0.15) is 0 Å². The third-order valence-corrected chi connectivity index (χ3v) is 3.81. The van der Waals surface area contributed by atoms with Gasteiger partial charge in [0.2, 0.25) is 0 Å². The van der Waals surface area contributed by atoms with Crippen molar-refractivity contribution in [2.45, 2.75) is 51.2 Å². The zero-order valence-electron chi connectivity index (χ0n) is 10.6. The normalized spacial score (nSPS) is 32.1. The lowest BCUT2D eigenvalue weighted by Crippen LogP contribution is -2.33. The Hall–Kier alpha value is -0.120. The highest BCUT2D eigenvalue weighted by molar-refractivity contribution is 4.81. The van der Waals surface area contributed by atoms with Gasteiger partial charge in [-0.1, -0.05) is 6.92 Å². The molecular weight excluding hydrogens is 200 g/mol. The highest BCUT2D eigenvalue weighted by Gasteiger charge is 2.22. The van der Waals surface area contributed by atoms with Gasteiger partial charge in [-0.2, -0.15) is 0 Å². The van der Waals surface area contributed by atoms with Crippen LogP contribution in [0, 0.1) is 0 Å². The van der Waals surface area contributed by atoms with Crippen molar-refractivity contribution >= 4 is 0 Å². The predicted molar refractivity (Wildman–Crippen MR) is 66.7 cm³/mol. The molecule has 0 aromatic rings. The van der Waals surface area contributed by atoms with E-state index in [0.717, 1.165) is 19.2 Å².